The molecule has 11 nitrogen and oxygen atoms in total. The van der Waals surface area contributed by atoms with Crippen molar-refractivity contribution in [3.63, 3.8) is 0 Å². The molecule has 2 atom stereocenters. The Bertz CT molecular complexity index is 477. The van der Waals surface area contributed by atoms with Gasteiger partial charge in [-0.15, -0.1) is 0 Å². The van der Waals surface area contributed by atoms with Gasteiger partial charge >= 0.3 is 17.9 Å². The molecule has 1 aliphatic heterocycles. The number of carbonyl (C=O) groups is 3. The summed E-state index contributed by atoms with van der Waals surface area (Å²) in [5.74, 6) is -3.78. The predicted octanol–water partition coefficient (Wildman–Crippen LogP) is -1.56. The number of epoxide rings is 1. The summed E-state index contributed by atoms with van der Waals surface area (Å²) in [4.78, 5) is 29.0. The van der Waals surface area contributed by atoms with Crippen molar-refractivity contribution < 1.29 is 52.5 Å². The zero-order chi connectivity index (χ0) is 17.9. The third-order valence-electron chi connectivity index (χ3n) is 1.71. The number of hydrogen-bond donors (Lipinski definition) is 5. The standard InChI is InChI=1S/C4H4O5.C3H8O4S.C3H4O2/c5-3(6)1-2(9-1)4(7)8;4-2-1-3-8(5,6)7;1-2-3(4)5/h1-2H,(H,5,6)(H,7,8);4H,1-3H2,(H,5,6,7);2H,1H2,(H,4,5). The first-order valence-corrected chi connectivity index (χ1v) is 7.09. The minimum absolute atomic E-state index is 0.0961. The van der Waals surface area contributed by atoms with Gasteiger partial charge in [0.25, 0.3) is 10.1 Å². The van der Waals surface area contributed by atoms with E-state index in [1.807, 2.05) is 0 Å². The largest absolute Gasteiger partial charge is 0.479 e. The molecule has 1 saturated heterocycles. The van der Waals surface area contributed by atoms with Crippen molar-refractivity contribution in [2.45, 2.75) is 18.6 Å². The van der Waals surface area contributed by atoms with Gasteiger partial charge in [0.1, 0.15) is 0 Å². The van der Waals surface area contributed by atoms with Crippen molar-refractivity contribution >= 4 is 28.0 Å². The Hall–Kier alpha value is -2.02. The average Bonchev–Trinajstić information content (AvgIpc) is 3.17. The summed E-state index contributed by atoms with van der Waals surface area (Å²) in [6.07, 6.45) is -1.32. The summed E-state index contributed by atoms with van der Waals surface area (Å²) < 4.78 is 31.9. The molecule has 0 aromatic heterocycles. The van der Waals surface area contributed by atoms with Crippen LogP contribution >= 0.6 is 0 Å². The second-order valence-corrected chi connectivity index (χ2v) is 5.13. The lowest BCUT2D eigenvalue weighted by Crippen LogP contribution is -2.14. The van der Waals surface area contributed by atoms with Crippen LogP contribution in [0.3, 0.4) is 0 Å². The number of hydrogen-bond acceptors (Lipinski definition) is 7. The number of aliphatic carboxylic acids is 3. The average molecular weight is 344 g/mol. The maximum absolute atomic E-state index is 9.89. The van der Waals surface area contributed by atoms with Crippen LogP contribution in [0.1, 0.15) is 6.42 Å². The molecule has 0 aliphatic carbocycles. The lowest BCUT2D eigenvalue weighted by atomic mass is 10.3. The third-order valence-corrected chi connectivity index (χ3v) is 2.52. The Morgan fingerprint density at radius 3 is 1.55 bits per heavy atom. The van der Waals surface area contributed by atoms with Gasteiger partial charge in [0, 0.05) is 12.7 Å². The van der Waals surface area contributed by atoms with Crippen molar-refractivity contribution in [3.05, 3.63) is 12.7 Å². The van der Waals surface area contributed by atoms with Crippen LogP contribution in [0.5, 0.6) is 0 Å². The van der Waals surface area contributed by atoms with Gasteiger partial charge in [-0.1, -0.05) is 6.58 Å². The van der Waals surface area contributed by atoms with Crippen LogP contribution in [0.2, 0.25) is 0 Å². The van der Waals surface area contributed by atoms with Crippen LogP contribution in [-0.2, 0) is 29.2 Å². The van der Waals surface area contributed by atoms with E-state index in [-0.39, 0.29) is 18.8 Å². The van der Waals surface area contributed by atoms with Gasteiger partial charge in [-0.25, -0.2) is 14.4 Å². The Kier molecular flexibility index (Phi) is 10.8. The second-order valence-electron chi connectivity index (χ2n) is 3.56. The van der Waals surface area contributed by atoms with Crippen molar-refractivity contribution in [2.24, 2.45) is 0 Å². The molecular formula is C10H16O11S. The highest BCUT2D eigenvalue weighted by molar-refractivity contribution is 7.85. The third kappa shape index (κ3) is 14.4. The second kappa shape index (κ2) is 10.7. The first kappa shape index (κ1) is 22.3. The maximum Gasteiger partial charge on any atom is 0.336 e. The van der Waals surface area contributed by atoms with Crippen molar-refractivity contribution in [1.82, 2.24) is 0 Å². The van der Waals surface area contributed by atoms with Gasteiger partial charge in [0.2, 0.25) is 0 Å². The number of carboxylic acids is 3. The molecule has 0 spiro atoms. The van der Waals surface area contributed by atoms with E-state index in [1.165, 1.54) is 0 Å². The van der Waals surface area contributed by atoms with E-state index >= 15 is 0 Å². The number of carboxylic acid groups (broad SMARTS) is 3. The fourth-order valence-electron chi connectivity index (χ4n) is 0.735. The number of aliphatic hydroxyl groups excluding tert-OH is 1. The summed E-state index contributed by atoms with van der Waals surface area (Å²) in [5.41, 5.74) is 0. The quantitative estimate of drug-likeness (QED) is 0.212. The van der Waals surface area contributed by atoms with Crippen LogP contribution in [-0.4, -0.2) is 75.9 Å². The highest BCUT2D eigenvalue weighted by Crippen LogP contribution is 2.21. The molecule has 5 N–H and O–H groups in total. The summed E-state index contributed by atoms with van der Waals surface area (Å²) in [5, 5.41) is 31.8. The summed E-state index contributed by atoms with van der Waals surface area (Å²) in [6.45, 7) is 2.75. The van der Waals surface area contributed by atoms with E-state index in [0.29, 0.717) is 0 Å². The molecule has 1 rings (SSSR count). The predicted molar refractivity (Wildman–Crippen MR) is 69.9 cm³/mol. The van der Waals surface area contributed by atoms with Crippen LogP contribution in [0, 0.1) is 0 Å². The lowest BCUT2D eigenvalue weighted by molar-refractivity contribution is -0.140. The van der Waals surface area contributed by atoms with Gasteiger partial charge in [0.15, 0.2) is 12.2 Å². The minimum Gasteiger partial charge on any atom is -0.479 e. The van der Waals surface area contributed by atoms with E-state index in [4.69, 9.17) is 25.0 Å². The van der Waals surface area contributed by atoms with Crippen molar-refractivity contribution in [2.75, 3.05) is 12.4 Å². The molecule has 0 aromatic carbocycles. The summed E-state index contributed by atoms with van der Waals surface area (Å²) >= 11 is 0. The van der Waals surface area contributed by atoms with E-state index < -0.39 is 40.2 Å². The molecule has 0 saturated carbocycles. The fourth-order valence-corrected chi connectivity index (χ4v) is 1.23. The van der Waals surface area contributed by atoms with Crippen LogP contribution in [0.4, 0.5) is 0 Å². The maximum atomic E-state index is 9.89. The number of rotatable bonds is 6. The Labute approximate surface area is 125 Å². The SMILES string of the molecule is C=CC(=O)O.O=C(O)C1OC1C(=O)O.O=S(=O)(O)CCCO. The smallest absolute Gasteiger partial charge is 0.336 e. The minimum atomic E-state index is -3.85. The summed E-state index contributed by atoms with van der Waals surface area (Å²) in [6, 6.07) is 0. The highest BCUT2D eigenvalue weighted by atomic mass is 32.2. The van der Waals surface area contributed by atoms with Gasteiger partial charge in [0.05, 0.1) is 5.75 Å². The molecule has 0 aromatic rings. The van der Waals surface area contributed by atoms with Gasteiger partial charge in [-0.05, 0) is 6.42 Å². The van der Waals surface area contributed by atoms with E-state index in [9.17, 15) is 22.8 Å². The van der Waals surface area contributed by atoms with Gasteiger partial charge in [-0.2, -0.15) is 8.42 Å². The molecule has 0 amide bonds. The topological polar surface area (TPSA) is 199 Å². The molecule has 1 aliphatic rings. The number of ether oxygens (including phenoxy) is 1. The number of aliphatic hydroxyl groups is 1. The molecule has 12 heteroatoms. The molecule has 1 fully saturated rings. The Morgan fingerprint density at radius 1 is 1.09 bits per heavy atom. The molecule has 128 valence electrons. The zero-order valence-corrected chi connectivity index (χ0v) is 12.0. The van der Waals surface area contributed by atoms with Crippen molar-refractivity contribution in [3.8, 4) is 0 Å². The first-order chi connectivity index (χ1) is 9.96. The molecule has 22 heavy (non-hydrogen) atoms. The van der Waals surface area contributed by atoms with Gasteiger partial charge in [-0.3, -0.25) is 4.55 Å². The monoisotopic (exact) mass is 344 g/mol. The summed E-state index contributed by atoms with van der Waals surface area (Å²) in [7, 11) is -3.85. The fraction of sp³-hybridized carbons (Fsp3) is 0.500. The molecule has 0 radical (unpaired) electrons. The van der Waals surface area contributed by atoms with E-state index in [2.05, 4.69) is 11.3 Å². The van der Waals surface area contributed by atoms with E-state index in [1.54, 1.807) is 0 Å². The van der Waals surface area contributed by atoms with E-state index in [0.717, 1.165) is 6.08 Å². The molecule has 1 heterocycles. The Balaban J connectivity index is 0. The highest BCUT2D eigenvalue weighted by Gasteiger charge is 2.50. The molecular weight excluding hydrogens is 328 g/mol. The Morgan fingerprint density at radius 2 is 1.45 bits per heavy atom. The van der Waals surface area contributed by atoms with Crippen LogP contribution < -0.4 is 0 Å². The normalized spacial score (nSPS) is 18.6. The van der Waals surface area contributed by atoms with Gasteiger partial charge < -0.3 is 25.2 Å². The first-order valence-electron chi connectivity index (χ1n) is 5.48. The van der Waals surface area contributed by atoms with Crippen molar-refractivity contribution in [1.29, 1.82) is 0 Å². The molecule has 0 bridgehead atoms. The molecule has 2 unspecified atom stereocenters. The zero-order valence-electron chi connectivity index (χ0n) is 11.2. The van der Waals surface area contributed by atoms with Crippen LogP contribution in [0.25, 0.3) is 0 Å². The lowest BCUT2D eigenvalue weighted by Gasteiger charge is -1.89. The van der Waals surface area contributed by atoms with Crippen LogP contribution in [0.15, 0.2) is 12.7 Å².